The van der Waals surface area contributed by atoms with Crippen molar-refractivity contribution in [2.24, 2.45) is 0 Å². The number of ether oxygens (including phenoxy) is 2. The average molecular weight is 708 g/mol. The number of aliphatic hydroxyl groups excluding tert-OH is 2. The van der Waals surface area contributed by atoms with Crippen molar-refractivity contribution < 1.29 is 29.3 Å². The van der Waals surface area contributed by atoms with E-state index in [2.05, 4.69) is 38.2 Å². The van der Waals surface area contributed by atoms with Crippen molar-refractivity contribution in [2.45, 2.75) is 200 Å². The summed E-state index contributed by atoms with van der Waals surface area (Å²) in [4.78, 5) is 26.3. The van der Waals surface area contributed by atoms with Crippen LogP contribution in [0.4, 0.5) is 0 Å². The van der Waals surface area contributed by atoms with Gasteiger partial charge in [0, 0.05) is 32.5 Å². The molecule has 0 aliphatic carbocycles. The molecule has 0 aromatic carbocycles. The molecule has 7 heteroatoms. The molecule has 0 bridgehead atoms. The SMILES string of the molecule is CCCCCCCCC=CCCCCCCCC(=O)OCCN(CCOC(=O)CCCCCCCC=CCCCCCCCC)CC(O)CO. The highest BCUT2D eigenvalue weighted by Crippen LogP contribution is 2.12. The van der Waals surface area contributed by atoms with E-state index in [1.54, 1.807) is 0 Å². The van der Waals surface area contributed by atoms with Crippen molar-refractivity contribution in [1.82, 2.24) is 4.90 Å². The molecule has 0 fully saturated rings. The molecule has 2 N–H and O–H groups in total. The lowest BCUT2D eigenvalue weighted by atomic mass is 10.1. The maximum absolute atomic E-state index is 12.2. The normalized spacial score (nSPS) is 12.4. The minimum Gasteiger partial charge on any atom is -0.464 e. The molecule has 0 aromatic rings. The van der Waals surface area contributed by atoms with E-state index in [4.69, 9.17) is 9.47 Å². The first kappa shape index (κ1) is 48.3. The Balaban J connectivity index is 3.82. The summed E-state index contributed by atoms with van der Waals surface area (Å²) in [6.07, 6.45) is 41.0. The molecular formula is C43H81NO6. The van der Waals surface area contributed by atoms with E-state index in [0.717, 1.165) is 51.4 Å². The third kappa shape index (κ3) is 37.6. The Bertz CT molecular complexity index is 727. The van der Waals surface area contributed by atoms with E-state index in [0.29, 0.717) is 25.9 Å². The number of nitrogens with zero attached hydrogens (tertiary/aromatic N) is 1. The van der Waals surface area contributed by atoms with Crippen molar-refractivity contribution in [3.8, 4) is 0 Å². The Morgan fingerprint density at radius 1 is 0.520 bits per heavy atom. The number of rotatable bonds is 39. The van der Waals surface area contributed by atoms with Gasteiger partial charge >= 0.3 is 11.9 Å². The molecule has 7 nitrogen and oxygen atoms in total. The van der Waals surface area contributed by atoms with Gasteiger partial charge < -0.3 is 19.7 Å². The predicted octanol–water partition coefficient (Wildman–Crippen LogP) is 10.8. The van der Waals surface area contributed by atoms with Crippen LogP contribution in [0, 0.1) is 0 Å². The van der Waals surface area contributed by atoms with Crippen LogP contribution in [0.15, 0.2) is 24.3 Å². The molecule has 0 aromatic heterocycles. The third-order valence-electron chi connectivity index (χ3n) is 9.31. The summed E-state index contributed by atoms with van der Waals surface area (Å²) in [6, 6.07) is 0. The molecule has 0 rings (SSSR count). The van der Waals surface area contributed by atoms with Gasteiger partial charge in [0.05, 0.1) is 12.7 Å². The van der Waals surface area contributed by atoms with Gasteiger partial charge in [0.15, 0.2) is 0 Å². The predicted molar refractivity (Wildman–Crippen MR) is 210 cm³/mol. The van der Waals surface area contributed by atoms with Gasteiger partial charge in [0.25, 0.3) is 0 Å². The van der Waals surface area contributed by atoms with Crippen LogP contribution in [0.25, 0.3) is 0 Å². The van der Waals surface area contributed by atoms with Gasteiger partial charge in [-0.25, -0.2) is 0 Å². The van der Waals surface area contributed by atoms with Gasteiger partial charge in [0.2, 0.25) is 0 Å². The highest BCUT2D eigenvalue weighted by molar-refractivity contribution is 5.69. The third-order valence-corrected chi connectivity index (χ3v) is 9.31. The molecule has 0 aliphatic heterocycles. The van der Waals surface area contributed by atoms with E-state index in [1.807, 2.05) is 4.90 Å². The summed E-state index contributed by atoms with van der Waals surface area (Å²) in [5, 5.41) is 19.2. The topological polar surface area (TPSA) is 96.3 Å². The largest absolute Gasteiger partial charge is 0.464 e. The molecule has 0 spiro atoms. The summed E-state index contributed by atoms with van der Waals surface area (Å²) in [7, 11) is 0. The molecule has 0 radical (unpaired) electrons. The number of unbranched alkanes of at least 4 members (excludes halogenated alkanes) is 22. The maximum atomic E-state index is 12.2. The quantitative estimate of drug-likeness (QED) is 0.0373. The second-order valence-electron chi connectivity index (χ2n) is 14.2. The number of allylic oxidation sites excluding steroid dienone is 4. The molecular weight excluding hydrogens is 626 g/mol. The summed E-state index contributed by atoms with van der Waals surface area (Å²) >= 11 is 0. The maximum Gasteiger partial charge on any atom is 0.305 e. The summed E-state index contributed by atoms with van der Waals surface area (Å²) in [6.45, 7) is 5.66. The van der Waals surface area contributed by atoms with Crippen molar-refractivity contribution in [3.63, 3.8) is 0 Å². The lowest BCUT2D eigenvalue weighted by Gasteiger charge is -2.24. The lowest BCUT2D eigenvalue weighted by Crippen LogP contribution is -2.39. The van der Waals surface area contributed by atoms with Gasteiger partial charge in [-0.3, -0.25) is 14.5 Å². The lowest BCUT2D eigenvalue weighted by molar-refractivity contribution is -0.144. The van der Waals surface area contributed by atoms with E-state index in [1.165, 1.54) is 116 Å². The second-order valence-corrected chi connectivity index (χ2v) is 14.2. The fraction of sp³-hybridized carbons (Fsp3) is 0.860. The molecule has 50 heavy (non-hydrogen) atoms. The highest BCUT2D eigenvalue weighted by atomic mass is 16.5. The Hall–Kier alpha value is -1.70. The van der Waals surface area contributed by atoms with Gasteiger partial charge in [0.1, 0.15) is 13.2 Å². The number of carbonyl (C=O) groups excluding carboxylic acids is 2. The van der Waals surface area contributed by atoms with Crippen LogP contribution in [-0.4, -0.2) is 72.6 Å². The summed E-state index contributed by atoms with van der Waals surface area (Å²) in [5.41, 5.74) is 0. The standard InChI is InChI=1S/C43H81NO6/c1-3-5-7-9-11-13-15-17-19-21-23-25-27-29-31-33-42(47)49-37-35-44(39-41(46)40-45)36-38-50-43(48)34-32-30-28-26-24-22-20-18-16-14-12-10-8-6-4-2/h17-20,41,45-46H,3-16,21-40H2,1-2H3. The second kappa shape index (κ2) is 40.1. The van der Waals surface area contributed by atoms with Crippen molar-refractivity contribution in [2.75, 3.05) is 39.5 Å². The highest BCUT2D eigenvalue weighted by Gasteiger charge is 2.13. The van der Waals surface area contributed by atoms with Crippen LogP contribution in [0.1, 0.15) is 194 Å². The van der Waals surface area contributed by atoms with E-state index < -0.39 is 6.10 Å². The molecule has 1 atom stereocenters. The van der Waals surface area contributed by atoms with Crippen molar-refractivity contribution in [3.05, 3.63) is 24.3 Å². The fourth-order valence-electron chi connectivity index (χ4n) is 6.05. The number of hydrogen-bond acceptors (Lipinski definition) is 7. The van der Waals surface area contributed by atoms with E-state index >= 15 is 0 Å². The summed E-state index contributed by atoms with van der Waals surface area (Å²) < 4.78 is 10.9. The molecule has 0 amide bonds. The van der Waals surface area contributed by atoms with Crippen LogP contribution < -0.4 is 0 Å². The minimum absolute atomic E-state index is 0.198. The van der Waals surface area contributed by atoms with Gasteiger partial charge in [-0.15, -0.1) is 0 Å². The van der Waals surface area contributed by atoms with Gasteiger partial charge in [-0.2, -0.15) is 0 Å². The van der Waals surface area contributed by atoms with E-state index in [-0.39, 0.29) is 38.3 Å². The summed E-state index contributed by atoms with van der Waals surface area (Å²) in [5.74, 6) is -0.395. The number of carbonyl (C=O) groups is 2. The van der Waals surface area contributed by atoms with Crippen LogP contribution in [0.2, 0.25) is 0 Å². The van der Waals surface area contributed by atoms with Gasteiger partial charge in [-0.05, 0) is 64.2 Å². The Kier molecular flexibility index (Phi) is 38.7. The van der Waals surface area contributed by atoms with Crippen LogP contribution in [0.5, 0.6) is 0 Å². The zero-order valence-corrected chi connectivity index (χ0v) is 32.9. The zero-order valence-electron chi connectivity index (χ0n) is 32.9. The Labute approximate surface area is 309 Å². The van der Waals surface area contributed by atoms with Crippen molar-refractivity contribution in [1.29, 1.82) is 0 Å². The number of esters is 2. The first-order chi connectivity index (χ1) is 24.5. The molecule has 0 aliphatic rings. The number of hydrogen-bond donors (Lipinski definition) is 2. The molecule has 294 valence electrons. The molecule has 0 saturated carbocycles. The first-order valence-electron chi connectivity index (χ1n) is 21.2. The smallest absolute Gasteiger partial charge is 0.305 e. The fourth-order valence-corrected chi connectivity index (χ4v) is 6.05. The Morgan fingerprint density at radius 2 is 0.840 bits per heavy atom. The minimum atomic E-state index is -0.895. The monoisotopic (exact) mass is 708 g/mol. The van der Waals surface area contributed by atoms with Crippen LogP contribution in [0.3, 0.4) is 0 Å². The number of aliphatic hydroxyl groups is 2. The van der Waals surface area contributed by atoms with Crippen LogP contribution >= 0.6 is 0 Å². The first-order valence-corrected chi connectivity index (χ1v) is 21.2. The van der Waals surface area contributed by atoms with E-state index in [9.17, 15) is 19.8 Å². The van der Waals surface area contributed by atoms with Gasteiger partial charge in [-0.1, -0.05) is 141 Å². The molecule has 0 heterocycles. The average Bonchev–Trinajstić information content (AvgIpc) is 3.11. The van der Waals surface area contributed by atoms with Crippen LogP contribution in [-0.2, 0) is 19.1 Å². The molecule has 1 unspecified atom stereocenters. The zero-order chi connectivity index (χ0) is 36.6. The molecule has 0 saturated heterocycles. The Morgan fingerprint density at radius 3 is 1.18 bits per heavy atom. The van der Waals surface area contributed by atoms with Crippen molar-refractivity contribution >= 4 is 11.9 Å².